The second kappa shape index (κ2) is 7.09. The summed E-state index contributed by atoms with van der Waals surface area (Å²) in [5.74, 6) is 0.223. The zero-order valence-electron chi connectivity index (χ0n) is 9.40. The Bertz CT molecular complexity index is 375. The van der Waals surface area contributed by atoms with Crippen LogP contribution >= 0.6 is 0 Å². The lowest BCUT2D eigenvalue weighted by Crippen LogP contribution is -2.46. The average molecular weight is 257 g/mol. The Morgan fingerprint density at radius 1 is 1.17 bits per heavy atom. The normalized spacial score (nSPS) is 18.5. The third-order valence-electron chi connectivity index (χ3n) is 2.19. The summed E-state index contributed by atoms with van der Waals surface area (Å²) in [6.07, 6.45) is -1.25. The van der Waals surface area contributed by atoms with Crippen LogP contribution in [0.1, 0.15) is 0 Å². The highest BCUT2D eigenvalue weighted by molar-refractivity contribution is 5.67. The van der Waals surface area contributed by atoms with Gasteiger partial charge in [0.25, 0.3) is 0 Å². The van der Waals surface area contributed by atoms with Crippen LogP contribution in [0.3, 0.4) is 0 Å². The van der Waals surface area contributed by atoms with Crippen molar-refractivity contribution >= 4 is 12.0 Å². The van der Waals surface area contributed by atoms with Crippen LogP contribution in [0, 0.1) is 0 Å². The van der Waals surface area contributed by atoms with E-state index in [9.17, 15) is 15.3 Å². The van der Waals surface area contributed by atoms with E-state index in [1.165, 1.54) is 18.6 Å². The van der Waals surface area contributed by atoms with E-state index in [4.69, 9.17) is 10.2 Å². The van der Waals surface area contributed by atoms with Crippen LogP contribution in [-0.4, -0.2) is 72.7 Å². The molecule has 18 heavy (non-hydrogen) atoms. The van der Waals surface area contributed by atoms with E-state index in [2.05, 4.69) is 15.0 Å². The molecule has 1 aromatic rings. The van der Waals surface area contributed by atoms with Gasteiger partial charge in [-0.1, -0.05) is 0 Å². The second-order valence-electron chi connectivity index (χ2n) is 3.56. The standard InChI is InChI=1S/C10H15N3O5/c14-5-7(16)10(18)9(17)6(15)3-13-8-4-11-1-2-12-8/h1-4,6-7,9-10,14-18H,5H2/t6-,7-,9-,10-/m1/s1. The number of aliphatic hydroxyl groups is 5. The number of hydrogen-bond acceptors (Lipinski definition) is 8. The molecule has 1 aromatic heterocycles. The highest BCUT2D eigenvalue weighted by atomic mass is 16.4. The zero-order chi connectivity index (χ0) is 13.5. The molecule has 0 unspecified atom stereocenters. The predicted octanol–water partition coefficient (Wildman–Crippen LogP) is -2.39. The maximum absolute atomic E-state index is 9.49. The van der Waals surface area contributed by atoms with Crippen LogP contribution < -0.4 is 0 Å². The summed E-state index contributed by atoms with van der Waals surface area (Å²) < 4.78 is 0. The van der Waals surface area contributed by atoms with Gasteiger partial charge in [-0.3, -0.25) is 4.98 Å². The smallest absolute Gasteiger partial charge is 0.170 e. The number of nitrogens with zero attached hydrogens (tertiary/aromatic N) is 3. The quantitative estimate of drug-likeness (QED) is 0.358. The molecular weight excluding hydrogens is 242 g/mol. The van der Waals surface area contributed by atoms with E-state index in [0.29, 0.717) is 0 Å². The van der Waals surface area contributed by atoms with Crippen molar-refractivity contribution < 1.29 is 25.5 Å². The largest absolute Gasteiger partial charge is 0.394 e. The fourth-order valence-corrected chi connectivity index (χ4v) is 1.14. The number of rotatable bonds is 6. The molecular formula is C10H15N3O5. The van der Waals surface area contributed by atoms with Gasteiger partial charge in [0.05, 0.1) is 12.8 Å². The lowest BCUT2D eigenvalue weighted by Gasteiger charge is -2.23. The monoisotopic (exact) mass is 257 g/mol. The van der Waals surface area contributed by atoms with Crippen molar-refractivity contribution in [3.05, 3.63) is 18.6 Å². The first-order valence-corrected chi connectivity index (χ1v) is 5.19. The van der Waals surface area contributed by atoms with Crippen molar-refractivity contribution in [2.24, 2.45) is 4.99 Å². The van der Waals surface area contributed by atoms with E-state index < -0.39 is 31.0 Å². The van der Waals surface area contributed by atoms with Gasteiger partial charge in [0.2, 0.25) is 0 Å². The molecule has 0 aromatic carbocycles. The molecule has 100 valence electrons. The van der Waals surface area contributed by atoms with Crippen molar-refractivity contribution in [3.63, 3.8) is 0 Å². The Morgan fingerprint density at radius 3 is 2.44 bits per heavy atom. The first-order valence-electron chi connectivity index (χ1n) is 5.19. The highest BCUT2D eigenvalue weighted by Crippen LogP contribution is 2.06. The van der Waals surface area contributed by atoms with E-state index in [-0.39, 0.29) is 5.82 Å². The SMILES string of the molecule is OC[C@@H](O)[C@@H](O)[C@H](O)[C@H](O)C=Nc1cnccn1. The molecule has 0 bridgehead atoms. The maximum atomic E-state index is 9.49. The van der Waals surface area contributed by atoms with E-state index in [1.54, 1.807) is 0 Å². The topological polar surface area (TPSA) is 139 Å². The Hall–Kier alpha value is -1.45. The van der Waals surface area contributed by atoms with Crippen molar-refractivity contribution in [2.45, 2.75) is 24.4 Å². The molecule has 1 heterocycles. The molecule has 0 spiro atoms. The molecule has 0 amide bonds. The lowest BCUT2D eigenvalue weighted by atomic mass is 10.0. The fourth-order valence-electron chi connectivity index (χ4n) is 1.14. The molecule has 8 nitrogen and oxygen atoms in total. The highest BCUT2D eigenvalue weighted by Gasteiger charge is 2.28. The molecule has 0 saturated heterocycles. The number of aliphatic hydroxyl groups excluding tert-OH is 5. The summed E-state index contributed by atoms with van der Waals surface area (Å²) in [6.45, 7) is -0.730. The van der Waals surface area contributed by atoms with Crippen molar-refractivity contribution in [1.29, 1.82) is 0 Å². The van der Waals surface area contributed by atoms with Crippen molar-refractivity contribution in [3.8, 4) is 0 Å². The van der Waals surface area contributed by atoms with Crippen LogP contribution in [0.4, 0.5) is 5.82 Å². The number of aliphatic imine (C=N–C) groups is 1. The molecule has 5 N–H and O–H groups in total. The summed E-state index contributed by atoms with van der Waals surface area (Å²) in [6, 6.07) is 0. The van der Waals surface area contributed by atoms with Gasteiger partial charge < -0.3 is 25.5 Å². The molecule has 0 saturated carbocycles. The first kappa shape index (κ1) is 14.6. The Balaban J connectivity index is 2.59. The van der Waals surface area contributed by atoms with E-state index >= 15 is 0 Å². The van der Waals surface area contributed by atoms with Crippen LogP contribution in [-0.2, 0) is 0 Å². The second-order valence-corrected chi connectivity index (χ2v) is 3.56. The molecule has 0 fully saturated rings. The molecule has 0 aliphatic heterocycles. The summed E-state index contributed by atoms with van der Waals surface area (Å²) in [5, 5.41) is 46.0. The summed E-state index contributed by atoms with van der Waals surface area (Å²) in [5.41, 5.74) is 0. The molecule has 0 radical (unpaired) electrons. The lowest BCUT2D eigenvalue weighted by molar-refractivity contribution is -0.0999. The minimum atomic E-state index is -1.68. The van der Waals surface area contributed by atoms with Gasteiger partial charge in [-0.15, -0.1) is 0 Å². The fraction of sp³-hybridized carbons (Fsp3) is 0.500. The van der Waals surface area contributed by atoms with Crippen LogP contribution in [0.15, 0.2) is 23.6 Å². The minimum absolute atomic E-state index is 0.223. The van der Waals surface area contributed by atoms with Crippen LogP contribution in [0.5, 0.6) is 0 Å². The number of aromatic nitrogens is 2. The van der Waals surface area contributed by atoms with Gasteiger partial charge in [-0.2, -0.15) is 0 Å². The Labute approximate surface area is 103 Å². The Morgan fingerprint density at radius 2 is 1.89 bits per heavy atom. The maximum Gasteiger partial charge on any atom is 0.170 e. The van der Waals surface area contributed by atoms with Gasteiger partial charge in [-0.05, 0) is 0 Å². The van der Waals surface area contributed by atoms with Crippen LogP contribution in [0.2, 0.25) is 0 Å². The molecule has 1 rings (SSSR count). The first-order chi connectivity index (χ1) is 8.56. The van der Waals surface area contributed by atoms with E-state index in [1.807, 2.05) is 0 Å². The Kier molecular flexibility index (Phi) is 5.75. The average Bonchev–Trinajstić information content (AvgIpc) is 2.43. The minimum Gasteiger partial charge on any atom is -0.394 e. The van der Waals surface area contributed by atoms with Gasteiger partial charge in [0.1, 0.15) is 24.4 Å². The van der Waals surface area contributed by atoms with Crippen LogP contribution in [0.25, 0.3) is 0 Å². The van der Waals surface area contributed by atoms with Gasteiger partial charge in [-0.25, -0.2) is 9.98 Å². The third kappa shape index (κ3) is 4.09. The third-order valence-corrected chi connectivity index (χ3v) is 2.19. The summed E-state index contributed by atoms with van der Waals surface area (Å²) in [4.78, 5) is 11.3. The van der Waals surface area contributed by atoms with E-state index in [0.717, 1.165) is 6.21 Å². The van der Waals surface area contributed by atoms with Gasteiger partial charge >= 0.3 is 0 Å². The molecule has 0 aliphatic rings. The molecule has 8 heteroatoms. The van der Waals surface area contributed by atoms with Gasteiger partial charge in [0.15, 0.2) is 5.82 Å². The predicted molar refractivity (Wildman–Crippen MR) is 61.3 cm³/mol. The molecule has 0 aliphatic carbocycles. The van der Waals surface area contributed by atoms with Crippen molar-refractivity contribution in [2.75, 3.05) is 6.61 Å². The summed E-state index contributed by atoms with van der Waals surface area (Å²) >= 11 is 0. The van der Waals surface area contributed by atoms with Gasteiger partial charge in [0, 0.05) is 18.6 Å². The molecule has 4 atom stereocenters. The number of hydrogen-bond donors (Lipinski definition) is 5. The zero-order valence-corrected chi connectivity index (χ0v) is 9.40. The summed E-state index contributed by atoms with van der Waals surface area (Å²) in [7, 11) is 0. The van der Waals surface area contributed by atoms with Crippen molar-refractivity contribution in [1.82, 2.24) is 9.97 Å².